The molecule has 0 bridgehead atoms. The Balaban J connectivity index is 2.30. The van der Waals surface area contributed by atoms with Gasteiger partial charge in [0.25, 0.3) is 0 Å². The third-order valence-electron chi connectivity index (χ3n) is 1.92. The van der Waals surface area contributed by atoms with Gasteiger partial charge in [-0.05, 0) is 6.07 Å². The van der Waals surface area contributed by atoms with Gasteiger partial charge < -0.3 is 14.2 Å². The summed E-state index contributed by atoms with van der Waals surface area (Å²) in [6, 6.07) is 1.41. The van der Waals surface area contributed by atoms with Crippen LogP contribution in [0.4, 0.5) is 0 Å². The Morgan fingerprint density at radius 1 is 1.28 bits per heavy atom. The first-order chi connectivity index (χ1) is 8.65. The first-order valence-electron chi connectivity index (χ1n) is 5.20. The molecule has 1 aromatic rings. The standard InChI is InChI=1S/C11H13Cl2NO4/c1-16-2-3-17-4-5-18-11(15)8-6-9(12)10(13)14-7-8/h6-7H,2-5H2,1H3. The molecular formula is C11H13Cl2NO4. The average Bonchev–Trinajstić information content (AvgIpc) is 2.36. The van der Waals surface area contributed by atoms with Gasteiger partial charge in [0.05, 0.1) is 30.4 Å². The third-order valence-corrected chi connectivity index (χ3v) is 2.61. The summed E-state index contributed by atoms with van der Waals surface area (Å²) in [7, 11) is 1.58. The molecule has 1 aromatic heterocycles. The van der Waals surface area contributed by atoms with Crippen molar-refractivity contribution in [3.63, 3.8) is 0 Å². The number of nitrogens with zero attached hydrogens (tertiary/aromatic N) is 1. The van der Waals surface area contributed by atoms with Crippen LogP contribution in [0.5, 0.6) is 0 Å². The van der Waals surface area contributed by atoms with Crippen LogP contribution in [0.2, 0.25) is 10.2 Å². The van der Waals surface area contributed by atoms with E-state index in [9.17, 15) is 4.79 Å². The van der Waals surface area contributed by atoms with E-state index in [1.807, 2.05) is 0 Å². The number of halogens is 2. The Morgan fingerprint density at radius 3 is 2.67 bits per heavy atom. The van der Waals surface area contributed by atoms with E-state index >= 15 is 0 Å². The summed E-state index contributed by atoms with van der Waals surface area (Å²) < 4.78 is 14.9. The van der Waals surface area contributed by atoms with Gasteiger partial charge in [-0.2, -0.15) is 0 Å². The summed E-state index contributed by atoms with van der Waals surface area (Å²) in [5, 5.41) is 0.360. The maximum atomic E-state index is 11.6. The molecule has 0 amide bonds. The Labute approximate surface area is 115 Å². The van der Waals surface area contributed by atoms with Crippen molar-refractivity contribution >= 4 is 29.2 Å². The average molecular weight is 294 g/mol. The molecule has 0 N–H and O–H groups in total. The zero-order valence-corrected chi connectivity index (χ0v) is 11.3. The molecule has 0 atom stereocenters. The zero-order chi connectivity index (χ0) is 13.4. The van der Waals surface area contributed by atoms with Gasteiger partial charge in [0.2, 0.25) is 0 Å². The predicted octanol–water partition coefficient (Wildman–Crippen LogP) is 2.21. The summed E-state index contributed by atoms with van der Waals surface area (Å²) in [6.07, 6.45) is 1.31. The molecule has 0 aromatic carbocycles. The van der Waals surface area contributed by atoms with Crippen molar-refractivity contribution in [1.82, 2.24) is 4.98 Å². The van der Waals surface area contributed by atoms with Crippen molar-refractivity contribution in [3.8, 4) is 0 Å². The van der Waals surface area contributed by atoms with Gasteiger partial charge >= 0.3 is 5.97 Å². The lowest BCUT2D eigenvalue weighted by Gasteiger charge is -2.06. The Bertz CT molecular complexity index is 401. The Kier molecular flexibility index (Phi) is 6.97. The summed E-state index contributed by atoms with van der Waals surface area (Å²) in [5.74, 6) is -0.517. The fourth-order valence-electron chi connectivity index (χ4n) is 1.05. The Hall–Kier alpha value is -0.880. The molecule has 7 heteroatoms. The number of hydrogen-bond acceptors (Lipinski definition) is 5. The van der Waals surface area contributed by atoms with Gasteiger partial charge in [-0.25, -0.2) is 9.78 Å². The second-order valence-corrected chi connectivity index (χ2v) is 4.00. The minimum absolute atomic E-state index is 0.149. The van der Waals surface area contributed by atoms with Gasteiger partial charge in [0, 0.05) is 13.3 Å². The van der Waals surface area contributed by atoms with Crippen LogP contribution < -0.4 is 0 Å². The van der Waals surface area contributed by atoms with E-state index in [2.05, 4.69) is 4.98 Å². The van der Waals surface area contributed by atoms with Crippen LogP contribution in [0.3, 0.4) is 0 Å². The van der Waals surface area contributed by atoms with E-state index in [1.54, 1.807) is 7.11 Å². The molecule has 0 unspecified atom stereocenters. The fourth-order valence-corrected chi connectivity index (χ4v) is 1.32. The second kappa shape index (κ2) is 8.26. The summed E-state index contributed by atoms with van der Waals surface area (Å²) >= 11 is 11.4. The third kappa shape index (κ3) is 5.18. The lowest BCUT2D eigenvalue weighted by atomic mass is 10.3. The lowest BCUT2D eigenvalue weighted by molar-refractivity contribution is 0.0213. The van der Waals surface area contributed by atoms with Crippen molar-refractivity contribution < 1.29 is 19.0 Å². The monoisotopic (exact) mass is 293 g/mol. The quantitative estimate of drug-likeness (QED) is 0.438. The van der Waals surface area contributed by atoms with Crippen molar-refractivity contribution in [2.45, 2.75) is 0 Å². The lowest BCUT2D eigenvalue weighted by Crippen LogP contribution is -2.12. The van der Waals surface area contributed by atoms with E-state index < -0.39 is 5.97 Å². The van der Waals surface area contributed by atoms with E-state index in [0.29, 0.717) is 19.8 Å². The highest BCUT2D eigenvalue weighted by atomic mass is 35.5. The number of hydrogen-bond donors (Lipinski definition) is 0. The number of aromatic nitrogens is 1. The maximum Gasteiger partial charge on any atom is 0.339 e. The number of carbonyl (C=O) groups is 1. The summed E-state index contributed by atoms with van der Waals surface area (Å²) in [5.41, 5.74) is 0.251. The smallest absolute Gasteiger partial charge is 0.339 e. The predicted molar refractivity (Wildman–Crippen MR) is 67.2 cm³/mol. The first kappa shape index (κ1) is 15.2. The van der Waals surface area contributed by atoms with Crippen LogP contribution in [0.25, 0.3) is 0 Å². The molecule has 1 heterocycles. The number of carbonyl (C=O) groups excluding carboxylic acids is 1. The minimum atomic E-state index is -0.517. The molecule has 100 valence electrons. The van der Waals surface area contributed by atoms with Gasteiger partial charge in [-0.3, -0.25) is 0 Å². The van der Waals surface area contributed by atoms with E-state index in [-0.39, 0.29) is 22.3 Å². The van der Waals surface area contributed by atoms with Gasteiger partial charge in [-0.1, -0.05) is 23.2 Å². The van der Waals surface area contributed by atoms with Crippen LogP contribution in [0.1, 0.15) is 10.4 Å². The Morgan fingerprint density at radius 2 is 2.00 bits per heavy atom. The molecule has 1 rings (SSSR count). The molecule has 0 aliphatic carbocycles. The summed E-state index contributed by atoms with van der Waals surface area (Å²) in [4.78, 5) is 15.3. The second-order valence-electron chi connectivity index (χ2n) is 3.24. The van der Waals surface area contributed by atoms with Crippen molar-refractivity contribution in [1.29, 1.82) is 0 Å². The number of esters is 1. The molecule has 0 saturated heterocycles. The highest BCUT2D eigenvalue weighted by molar-refractivity contribution is 6.41. The fraction of sp³-hybridized carbons (Fsp3) is 0.455. The molecule has 0 radical (unpaired) electrons. The molecule has 18 heavy (non-hydrogen) atoms. The number of rotatable bonds is 7. The summed E-state index contributed by atoms with van der Waals surface area (Å²) in [6.45, 7) is 1.43. The largest absolute Gasteiger partial charge is 0.460 e. The van der Waals surface area contributed by atoms with Crippen LogP contribution in [0.15, 0.2) is 12.3 Å². The van der Waals surface area contributed by atoms with Crippen LogP contribution >= 0.6 is 23.2 Å². The van der Waals surface area contributed by atoms with E-state index in [0.717, 1.165) is 0 Å². The van der Waals surface area contributed by atoms with Gasteiger partial charge in [0.1, 0.15) is 11.8 Å². The maximum absolute atomic E-state index is 11.6. The molecular weight excluding hydrogens is 281 g/mol. The molecule has 0 aliphatic rings. The van der Waals surface area contributed by atoms with Gasteiger partial charge in [-0.15, -0.1) is 0 Å². The number of pyridine rings is 1. The number of ether oxygens (including phenoxy) is 3. The normalized spacial score (nSPS) is 10.4. The first-order valence-corrected chi connectivity index (χ1v) is 5.95. The molecule has 0 aliphatic heterocycles. The highest BCUT2D eigenvalue weighted by Gasteiger charge is 2.10. The van der Waals surface area contributed by atoms with Crippen molar-refractivity contribution in [2.75, 3.05) is 33.5 Å². The molecule has 0 fully saturated rings. The number of methoxy groups -OCH3 is 1. The van der Waals surface area contributed by atoms with E-state index in [1.165, 1.54) is 12.3 Å². The van der Waals surface area contributed by atoms with Crippen LogP contribution in [0, 0.1) is 0 Å². The van der Waals surface area contributed by atoms with Crippen LogP contribution in [-0.4, -0.2) is 44.5 Å². The van der Waals surface area contributed by atoms with Crippen molar-refractivity contribution in [3.05, 3.63) is 28.0 Å². The van der Waals surface area contributed by atoms with Gasteiger partial charge in [0.15, 0.2) is 0 Å². The van der Waals surface area contributed by atoms with E-state index in [4.69, 9.17) is 37.4 Å². The molecule has 0 spiro atoms. The van der Waals surface area contributed by atoms with Crippen molar-refractivity contribution in [2.24, 2.45) is 0 Å². The highest BCUT2D eigenvalue weighted by Crippen LogP contribution is 2.19. The van der Waals surface area contributed by atoms with Crippen LogP contribution in [-0.2, 0) is 14.2 Å². The SMILES string of the molecule is COCCOCCOC(=O)c1cnc(Cl)c(Cl)c1. The zero-order valence-electron chi connectivity index (χ0n) is 9.82. The molecule has 5 nitrogen and oxygen atoms in total. The topological polar surface area (TPSA) is 57.7 Å². The molecule has 0 saturated carbocycles. The minimum Gasteiger partial charge on any atom is -0.460 e.